The molecule has 1 aromatic carbocycles. The fraction of sp³-hybridized carbons (Fsp3) is 0.568. The van der Waals surface area contributed by atoms with Gasteiger partial charge in [-0.25, -0.2) is 0 Å². The van der Waals surface area contributed by atoms with Gasteiger partial charge in [0, 0.05) is 0 Å². The summed E-state index contributed by atoms with van der Waals surface area (Å²) in [6.45, 7) is 13.9. The summed E-state index contributed by atoms with van der Waals surface area (Å²) in [5.74, 6) is 6.91. The zero-order valence-electron chi connectivity index (χ0n) is 30.1. The Morgan fingerprint density at radius 3 is 2.43 bits per heavy atom. The van der Waals surface area contributed by atoms with E-state index in [1.54, 1.807) is 30.3 Å². The van der Waals surface area contributed by atoms with E-state index in [-0.39, 0.29) is 39.5 Å². The maximum atomic E-state index is 13.2. The molecule has 0 radical (unpaired) electrons. The summed E-state index contributed by atoms with van der Waals surface area (Å²) in [7, 11) is 1.47. The van der Waals surface area contributed by atoms with Gasteiger partial charge in [-0.1, -0.05) is 86.0 Å². The number of hydrogen-bond acceptors (Lipinski definition) is 6. The number of benzene rings is 1. The Labute approximate surface area is 296 Å². The SMILES string of the molecule is CC.CCCCCC[C@H](C)CCCC.COc1cc(C(=O)NC2(C)COC2)ccc1NCC#Cc1nn2c(N)cccc2c1[Se]C(F)(F)F. The van der Waals surface area contributed by atoms with Crippen molar-refractivity contribution in [3.8, 4) is 17.6 Å². The molecule has 1 amide bonds. The van der Waals surface area contributed by atoms with Crippen LogP contribution in [0.25, 0.3) is 5.52 Å². The number of nitrogens with two attached hydrogens (primary N) is 1. The number of unbranched alkanes of at least 4 members (excludes halogenated alkanes) is 4. The minimum absolute atomic E-state index is 0.0308. The van der Waals surface area contributed by atoms with Crippen molar-refractivity contribution < 1.29 is 27.4 Å². The number of ether oxygens (including phenoxy) is 2. The summed E-state index contributed by atoms with van der Waals surface area (Å²) in [4.78, 5) is 12.5. The molecule has 1 saturated heterocycles. The predicted octanol–water partition coefficient (Wildman–Crippen LogP) is 7.57. The number of carbonyl (C=O) groups is 1. The molecule has 0 bridgehead atoms. The van der Waals surface area contributed by atoms with Crippen LogP contribution in [0.5, 0.6) is 5.75 Å². The quantitative estimate of drug-likeness (QED) is 0.0893. The number of nitrogens with one attached hydrogen (secondary N) is 2. The molecule has 49 heavy (non-hydrogen) atoms. The van der Waals surface area contributed by atoms with Crippen LogP contribution in [0.15, 0.2) is 36.4 Å². The van der Waals surface area contributed by atoms with Gasteiger partial charge in [-0.05, 0) is 12.8 Å². The minimum atomic E-state index is -4.36. The summed E-state index contributed by atoms with van der Waals surface area (Å²) in [6, 6.07) is 9.60. The van der Waals surface area contributed by atoms with E-state index in [0.29, 0.717) is 30.2 Å². The number of nitrogens with zero attached hydrogens (tertiary/aromatic N) is 2. The number of halogens is 3. The van der Waals surface area contributed by atoms with E-state index in [2.05, 4.69) is 48.3 Å². The number of methoxy groups -OCH3 is 1. The zero-order valence-corrected chi connectivity index (χ0v) is 31.8. The molecular formula is C37H54F3N5O3Se. The van der Waals surface area contributed by atoms with Crippen LogP contribution in [0.3, 0.4) is 0 Å². The van der Waals surface area contributed by atoms with Gasteiger partial charge in [-0.2, -0.15) is 0 Å². The second kappa shape index (κ2) is 21.0. The molecule has 0 aliphatic carbocycles. The van der Waals surface area contributed by atoms with Crippen LogP contribution in [-0.2, 0) is 4.74 Å². The summed E-state index contributed by atoms with van der Waals surface area (Å²) in [5.41, 5.74) is 6.81. The Bertz CT molecular complexity index is 1510. The number of anilines is 2. The molecule has 8 nitrogen and oxygen atoms in total. The number of hydrogen-bond donors (Lipinski definition) is 3. The molecule has 1 aliphatic heterocycles. The fourth-order valence-electron chi connectivity index (χ4n) is 5.06. The Hall–Kier alpha value is -3.39. The second-order valence-corrected chi connectivity index (χ2v) is 14.4. The van der Waals surface area contributed by atoms with Gasteiger partial charge in [0.25, 0.3) is 0 Å². The molecule has 1 atom stereocenters. The van der Waals surface area contributed by atoms with Gasteiger partial charge in [-0.15, -0.1) is 0 Å². The summed E-state index contributed by atoms with van der Waals surface area (Å²) in [5, 5.41) is 5.80. The number of pyridine rings is 1. The van der Waals surface area contributed by atoms with E-state index in [0.717, 1.165) is 5.92 Å². The van der Waals surface area contributed by atoms with Gasteiger partial charge in [-0.3, -0.25) is 0 Å². The van der Waals surface area contributed by atoms with Crippen LogP contribution in [0.2, 0.25) is 0 Å². The van der Waals surface area contributed by atoms with Gasteiger partial charge >= 0.3 is 175 Å². The molecule has 3 heterocycles. The molecule has 2 aromatic heterocycles. The molecule has 0 saturated carbocycles. The third kappa shape index (κ3) is 13.8. The van der Waals surface area contributed by atoms with Crippen molar-refractivity contribution in [3.05, 3.63) is 47.7 Å². The standard InChI is InChI=1S/C23H22F3N5O3Se.C12H26.C2H6/c1-22(12-34-13-22)29-21(32)14-8-9-15(18(11-14)33-2)28-10-4-5-16-20(35-23(24,25)26)17-6-3-7-19(27)31(17)30-16;1-4-6-8-9-11-12(3)10-7-5-2;1-2/h3,6-9,11,28H,10,12-13,27H2,1-2H3,(H,29,32);12H,4-11H2,1-3H3;1-2H3/t;12-;/m.1./s1. The van der Waals surface area contributed by atoms with Crippen molar-refractivity contribution in [3.63, 3.8) is 0 Å². The number of rotatable bonds is 14. The van der Waals surface area contributed by atoms with E-state index < -0.39 is 20.0 Å². The van der Waals surface area contributed by atoms with E-state index in [1.165, 1.54) is 69.1 Å². The fourth-order valence-corrected chi connectivity index (χ4v) is 6.48. The molecule has 3 aromatic rings. The number of fused-ring (bicyclic) bond motifs is 1. The Morgan fingerprint density at radius 2 is 1.82 bits per heavy atom. The van der Waals surface area contributed by atoms with Crippen molar-refractivity contribution >= 4 is 42.3 Å². The van der Waals surface area contributed by atoms with Gasteiger partial charge in [0.2, 0.25) is 0 Å². The average Bonchev–Trinajstić information content (AvgIpc) is 3.41. The van der Waals surface area contributed by atoms with Gasteiger partial charge in [0.05, 0.1) is 18.8 Å². The van der Waals surface area contributed by atoms with Gasteiger partial charge in [0.15, 0.2) is 0 Å². The van der Waals surface area contributed by atoms with E-state index >= 15 is 0 Å². The Morgan fingerprint density at radius 1 is 1.12 bits per heavy atom. The number of carbonyl (C=O) groups excluding carboxylic acids is 1. The topological polar surface area (TPSA) is 103 Å². The number of aromatic nitrogens is 2. The summed E-state index contributed by atoms with van der Waals surface area (Å²) >= 11 is -1.83. The first-order valence-electron chi connectivity index (χ1n) is 17.2. The van der Waals surface area contributed by atoms with E-state index in [4.69, 9.17) is 15.2 Å². The number of alkyl halides is 3. The third-order valence-electron chi connectivity index (χ3n) is 7.75. The van der Waals surface area contributed by atoms with Crippen molar-refractivity contribution in [1.82, 2.24) is 14.9 Å². The predicted molar refractivity (Wildman–Crippen MR) is 195 cm³/mol. The first-order chi connectivity index (χ1) is 23.4. The van der Waals surface area contributed by atoms with Gasteiger partial charge < -0.3 is 4.74 Å². The molecular weight excluding hydrogens is 698 g/mol. The van der Waals surface area contributed by atoms with Crippen molar-refractivity contribution in [2.75, 3.05) is 37.9 Å². The van der Waals surface area contributed by atoms with Crippen LogP contribution in [0, 0.1) is 17.8 Å². The van der Waals surface area contributed by atoms with Crippen LogP contribution in [0.1, 0.15) is 109 Å². The second-order valence-electron chi connectivity index (χ2n) is 12.1. The van der Waals surface area contributed by atoms with Gasteiger partial charge in [0.1, 0.15) is 0 Å². The summed E-state index contributed by atoms with van der Waals surface area (Å²) in [6.07, 6.45) is 11.4. The Kier molecular flexibility index (Phi) is 17.9. The van der Waals surface area contributed by atoms with Crippen molar-refractivity contribution in [1.29, 1.82) is 0 Å². The zero-order chi connectivity index (χ0) is 36.5. The molecule has 12 heteroatoms. The van der Waals surface area contributed by atoms with Crippen LogP contribution in [-0.4, -0.2) is 68.0 Å². The number of nitrogen functional groups attached to an aromatic ring is 1. The first kappa shape index (κ1) is 41.8. The molecule has 0 spiro atoms. The monoisotopic (exact) mass is 753 g/mol. The normalized spacial score (nSPS) is 13.8. The Balaban J connectivity index is 0.000000505. The first-order valence-corrected chi connectivity index (χ1v) is 18.9. The molecule has 1 aliphatic rings. The van der Waals surface area contributed by atoms with E-state index in [1.807, 2.05) is 20.8 Å². The van der Waals surface area contributed by atoms with Crippen molar-refractivity contribution in [2.45, 2.75) is 104 Å². The molecule has 1 fully saturated rings. The van der Waals surface area contributed by atoms with Crippen LogP contribution < -0.4 is 25.6 Å². The van der Waals surface area contributed by atoms with Crippen LogP contribution in [0.4, 0.5) is 24.7 Å². The average molecular weight is 753 g/mol. The van der Waals surface area contributed by atoms with Crippen LogP contribution >= 0.6 is 0 Å². The van der Waals surface area contributed by atoms with Crippen molar-refractivity contribution in [2.24, 2.45) is 5.92 Å². The molecule has 272 valence electrons. The number of amides is 1. The third-order valence-corrected chi connectivity index (χ3v) is 9.51. The molecule has 4 rings (SSSR count). The molecule has 4 N–H and O–H groups in total. The molecule has 0 unspecified atom stereocenters. The van der Waals surface area contributed by atoms with E-state index in [9.17, 15) is 18.0 Å². The maximum absolute atomic E-state index is 13.2. The summed E-state index contributed by atoms with van der Waals surface area (Å²) < 4.78 is 51.4.